The van der Waals surface area contributed by atoms with Gasteiger partial charge in [0, 0.05) is 4.90 Å². The quantitative estimate of drug-likeness (QED) is 0.664. The van der Waals surface area contributed by atoms with Crippen molar-refractivity contribution in [3.63, 3.8) is 0 Å². The van der Waals surface area contributed by atoms with Crippen LogP contribution in [0.3, 0.4) is 0 Å². The fraction of sp³-hybridized carbons (Fsp3) is 0.182. The number of hydrogen-bond donors (Lipinski definition) is 0. The smallest absolute Gasteiger partial charge is 0.0991 e. The molecule has 0 heterocycles. The minimum atomic E-state index is 0.711. The van der Waals surface area contributed by atoms with Gasteiger partial charge in [-0.05, 0) is 43.0 Å². The molecule has 0 spiro atoms. The topological polar surface area (TPSA) is 23.8 Å². The van der Waals surface area contributed by atoms with Gasteiger partial charge in [0.25, 0.3) is 0 Å². The second-order valence-corrected chi connectivity index (χ2v) is 3.96. The molecule has 0 bridgehead atoms. The predicted molar refractivity (Wildman–Crippen MR) is 56.4 cm³/mol. The minimum absolute atomic E-state index is 0.711. The summed E-state index contributed by atoms with van der Waals surface area (Å²) in [5, 5.41) is 8.59. The third-order valence-electron chi connectivity index (χ3n) is 1.67. The van der Waals surface area contributed by atoms with Crippen LogP contribution in [-0.4, -0.2) is 0 Å². The van der Waals surface area contributed by atoms with Crippen LogP contribution in [0, 0.1) is 11.3 Å². The first-order valence-electron chi connectivity index (χ1n) is 4.07. The molecule has 0 aliphatic carbocycles. The Morgan fingerprint density at radius 1 is 1.38 bits per heavy atom. The van der Waals surface area contributed by atoms with Gasteiger partial charge in [-0.1, -0.05) is 17.8 Å². The molecule has 0 aliphatic rings. The van der Waals surface area contributed by atoms with E-state index in [1.807, 2.05) is 31.2 Å². The normalized spacial score (nSPS) is 11.0. The van der Waals surface area contributed by atoms with Crippen molar-refractivity contribution in [2.45, 2.75) is 18.7 Å². The van der Waals surface area contributed by atoms with Crippen molar-refractivity contribution >= 4 is 11.8 Å². The zero-order chi connectivity index (χ0) is 9.68. The molecule has 0 N–H and O–H groups in total. The first-order valence-corrected chi connectivity index (χ1v) is 4.89. The van der Waals surface area contributed by atoms with Gasteiger partial charge < -0.3 is 0 Å². The molecular formula is C11H11NS. The third-order valence-corrected chi connectivity index (χ3v) is 2.73. The van der Waals surface area contributed by atoms with Crippen LogP contribution in [-0.2, 0) is 0 Å². The fourth-order valence-electron chi connectivity index (χ4n) is 0.842. The third kappa shape index (κ3) is 2.96. The summed E-state index contributed by atoms with van der Waals surface area (Å²) in [6, 6.07) is 9.71. The molecular weight excluding hydrogens is 178 g/mol. The molecule has 0 saturated heterocycles. The maximum atomic E-state index is 8.59. The van der Waals surface area contributed by atoms with Gasteiger partial charge in [0.1, 0.15) is 0 Å². The Kier molecular flexibility index (Phi) is 3.60. The van der Waals surface area contributed by atoms with Gasteiger partial charge >= 0.3 is 0 Å². The highest BCUT2D eigenvalue weighted by atomic mass is 32.2. The molecule has 0 saturated carbocycles. The van der Waals surface area contributed by atoms with E-state index < -0.39 is 0 Å². The van der Waals surface area contributed by atoms with E-state index in [4.69, 9.17) is 5.26 Å². The van der Waals surface area contributed by atoms with Gasteiger partial charge in [-0.15, -0.1) is 0 Å². The Balaban J connectivity index is 2.77. The molecule has 0 radical (unpaired) electrons. The molecule has 13 heavy (non-hydrogen) atoms. The van der Waals surface area contributed by atoms with Crippen molar-refractivity contribution in [1.82, 2.24) is 0 Å². The van der Waals surface area contributed by atoms with Gasteiger partial charge in [-0.25, -0.2) is 0 Å². The van der Waals surface area contributed by atoms with Gasteiger partial charge in [0.15, 0.2) is 0 Å². The number of thioether (sulfide) groups is 1. The highest BCUT2D eigenvalue weighted by Gasteiger charge is 1.94. The Bertz CT molecular complexity index is 343. The predicted octanol–water partition coefficient (Wildman–Crippen LogP) is 3.57. The van der Waals surface area contributed by atoms with E-state index in [1.54, 1.807) is 11.8 Å². The van der Waals surface area contributed by atoms with Crippen molar-refractivity contribution in [3.8, 4) is 6.07 Å². The molecule has 0 fully saturated rings. The summed E-state index contributed by atoms with van der Waals surface area (Å²) in [7, 11) is 0. The fourth-order valence-corrected chi connectivity index (χ4v) is 1.60. The van der Waals surface area contributed by atoms with E-state index in [-0.39, 0.29) is 0 Å². The van der Waals surface area contributed by atoms with E-state index in [0.717, 1.165) is 0 Å². The average Bonchev–Trinajstić information content (AvgIpc) is 2.19. The summed E-state index contributed by atoms with van der Waals surface area (Å²) < 4.78 is 0. The van der Waals surface area contributed by atoms with Crippen LogP contribution in [0.1, 0.15) is 19.4 Å². The molecule has 0 unspecified atom stereocenters. The summed E-state index contributed by atoms with van der Waals surface area (Å²) in [4.78, 5) is 2.44. The van der Waals surface area contributed by atoms with Crippen LogP contribution in [0.2, 0.25) is 0 Å². The number of benzene rings is 1. The van der Waals surface area contributed by atoms with Gasteiger partial charge in [0.2, 0.25) is 0 Å². The zero-order valence-corrected chi connectivity index (χ0v) is 8.56. The summed E-state index contributed by atoms with van der Waals surface area (Å²) in [5.74, 6) is 0. The highest BCUT2D eigenvalue weighted by molar-refractivity contribution is 8.03. The Morgan fingerprint density at radius 2 is 2.00 bits per heavy atom. The van der Waals surface area contributed by atoms with Gasteiger partial charge in [0.05, 0.1) is 11.6 Å². The number of nitriles is 1. The van der Waals surface area contributed by atoms with Crippen molar-refractivity contribution < 1.29 is 0 Å². The van der Waals surface area contributed by atoms with Crippen molar-refractivity contribution in [1.29, 1.82) is 5.26 Å². The maximum Gasteiger partial charge on any atom is 0.0991 e. The molecule has 2 heteroatoms. The van der Waals surface area contributed by atoms with E-state index in [0.29, 0.717) is 5.56 Å². The lowest BCUT2D eigenvalue weighted by Gasteiger charge is -1.99. The minimum Gasteiger partial charge on any atom is -0.192 e. The molecule has 66 valence electrons. The van der Waals surface area contributed by atoms with Crippen LogP contribution >= 0.6 is 11.8 Å². The van der Waals surface area contributed by atoms with Crippen LogP contribution in [0.4, 0.5) is 0 Å². The summed E-state index contributed by atoms with van der Waals surface area (Å²) >= 11 is 1.71. The van der Waals surface area contributed by atoms with Crippen LogP contribution in [0.25, 0.3) is 0 Å². The van der Waals surface area contributed by atoms with E-state index in [2.05, 4.69) is 19.1 Å². The molecule has 0 atom stereocenters. The number of hydrogen-bond acceptors (Lipinski definition) is 2. The number of allylic oxidation sites excluding steroid dienone is 2. The first-order chi connectivity index (χ1) is 6.26. The zero-order valence-electron chi connectivity index (χ0n) is 7.74. The SMILES string of the molecule is C/C=C(\C)Sc1ccc(C#N)cc1. The largest absolute Gasteiger partial charge is 0.192 e. The van der Waals surface area contributed by atoms with Crippen molar-refractivity contribution in [2.75, 3.05) is 0 Å². The molecule has 1 nitrogen and oxygen atoms in total. The first kappa shape index (κ1) is 9.88. The lowest BCUT2D eigenvalue weighted by Crippen LogP contribution is -1.74. The lowest BCUT2D eigenvalue weighted by atomic mass is 10.2. The molecule has 1 aromatic rings. The van der Waals surface area contributed by atoms with E-state index in [1.165, 1.54) is 9.80 Å². The number of rotatable bonds is 2. The Morgan fingerprint density at radius 3 is 2.46 bits per heavy atom. The number of nitrogens with zero attached hydrogens (tertiary/aromatic N) is 1. The lowest BCUT2D eigenvalue weighted by molar-refractivity contribution is 1.41. The van der Waals surface area contributed by atoms with Crippen molar-refractivity contribution in [2.24, 2.45) is 0 Å². The molecule has 0 aliphatic heterocycles. The van der Waals surface area contributed by atoms with E-state index >= 15 is 0 Å². The van der Waals surface area contributed by atoms with Crippen LogP contribution in [0.15, 0.2) is 40.1 Å². The van der Waals surface area contributed by atoms with Crippen molar-refractivity contribution in [3.05, 3.63) is 40.8 Å². The Labute approximate surface area is 83.1 Å². The van der Waals surface area contributed by atoms with Crippen LogP contribution < -0.4 is 0 Å². The summed E-state index contributed by atoms with van der Waals surface area (Å²) in [6.07, 6.45) is 2.07. The van der Waals surface area contributed by atoms with Gasteiger partial charge in [-0.2, -0.15) is 5.26 Å². The van der Waals surface area contributed by atoms with Crippen LogP contribution in [0.5, 0.6) is 0 Å². The molecule has 0 amide bonds. The second-order valence-electron chi connectivity index (χ2n) is 2.64. The summed E-state index contributed by atoms with van der Waals surface area (Å²) in [5.41, 5.74) is 0.711. The highest BCUT2D eigenvalue weighted by Crippen LogP contribution is 2.25. The monoisotopic (exact) mass is 189 g/mol. The second kappa shape index (κ2) is 4.74. The average molecular weight is 189 g/mol. The maximum absolute atomic E-state index is 8.59. The van der Waals surface area contributed by atoms with E-state index in [9.17, 15) is 0 Å². The van der Waals surface area contributed by atoms with Gasteiger partial charge in [-0.3, -0.25) is 0 Å². The standard InChI is InChI=1S/C11H11NS/c1-3-9(2)13-11-6-4-10(8-12)5-7-11/h3-7H,1-2H3/b9-3+. The summed E-state index contributed by atoms with van der Waals surface area (Å²) in [6.45, 7) is 4.09. The molecule has 1 aromatic carbocycles. The molecule has 1 rings (SSSR count). The molecule has 0 aromatic heterocycles. The Hall–Kier alpha value is -1.20.